The molecule has 0 unspecified atom stereocenters. The second-order valence-corrected chi connectivity index (χ2v) is 4.74. The molecule has 0 bridgehead atoms. The van der Waals surface area contributed by atoms with Crippen LogP contribution < -0.4 is 4.94 Å². The summed E-state index contributed by atoms with van der Waals surface area (Å²) >= 11 is 0. The van der Waals surface area contributed by atoms with E-state index in [0.29, 0.717) is 0 Å². The highest BCUT2D eigenvalue weighted by Gasteiger charge is 2.12. The molecule has 2 nitrogen and oxygen atoms in total. The van der Waals surface area contributed by atoms with Crippen molar-refractivity contribution in [2.24, 2.45) is 0 Å². The molecule has 0 aromatic heterocycles. The van der Waals surface area contributed by atoms with E-state index in [2.05, 4.69) is 22.8 Å². The lowest BCUT2D eigenvalue weighted by Gasteiger charge is -2.26. The average Bonchev–Trinajstić information content (AvgIpc) is 2.46. The summed E-state index contributed by atoms with van der Waals surface area (Å²) in [6.45, 7) is 5.55. The molecule has 0 saturated carbocycles. The molecule has 1 aliphatic heterocycles. The van der Waals surface area contributed by atoms with Crippen LogP contribution >= 0.6 is 0 Å². The summed E-state index contributed by atoms with van der Waals surface area (Å²) in [6, 6.07) is 7.17. The van der Waals surface area contributed by atoms with E-state index in [4.69, 9.17) is 0 Å². The lowest BCUT2D eigenvalue weighted by atomic mass is 9.99. The van der Waals surface area contributed by atoms with Crippen LogP contribution in [0.4, 0.5) is 4.53 Å². The summed E-state index contributed by atoms with van der Waals surface area (Å²) < 4.78 is 11.9. The molecule has 0 radical (unpaired) electrons. The first-order valence-electron chi connectivity index (χ1n) is 6.64. The van der Waals surface area contributed by atoms with Crippen LogP contribution in [0.1, 0.15) is 31.7 Å². The third-order valence-electron chi connectivity index (χ3n) is 3.44. The van der Waals surface area contributed by atoms with E-state index < -0.39 is 0 Å². The monoisotopic (exact) mass is 249 g/mol. The van der Waals surface area contributed by atoms with Gasteiger partial charge < -0.3 is 0 Å². The Bertz CT molecular complexity index is 399. The van der Waals surface area contributed by atoms with Gasteiger partial charge in [-0.1, -0.05) is 31.6 Å². The van der Waals surface area contributed by atoms with E-state index in [-0.39, 0.29) is 5.75 Å². The molecular weight excluding hydrogens is 229 g/mol. The van der Waals surface area contributed by atoms with Crippen molar-refractivity contribution in [1.82, 2.24) is 4.90 Å². The summed E-state index contributed by atoms with van der Waals surface area (Å²) in [5.41, 5.74) is 2.53. The zero-order valence-corrected chi connectivity index (χ0v) is 10.9. The van der Waals surface area contributed by atoms with Gasteiger partial charge >= 0.3 is 0 Å². The average molecular weight is 249 g/mol. The van der Waals surface area contributed by atoms with Crippen LogP contribution in [-0.2, 0) is 0 Å². The van der Waals surface area contributed by atoms with Crippen molar-refractivity contribution in [3.8, 4) is 5.75 Å². The molecule has 1 aromatic rings. The Morgan fingerprint density at radius 1 is 1.28 bits per heavy atom. The highest BCUT2D eigenvalue weighted by atomic mass is 19.3. The lowest BCUT2D eigenvalue weighted by molar-refractivity contribution is -0.00620. The van der Waals surface area contributed by atoms with Gasteiger partial charge in [0.1, 0.15) is 0 Å². The number of hydrogen-bond acceptors (Lipinski definition) is 2. The van der Waals surface area contributed by atoms with Gasteiger partial charge in [-0.05, 0) is 42.7 Å². The van der Waals surface area contributed by atoms with Crippen molar-refractivity contribution in [3.05, 3.63) is 35.9 Å². The number of nitrogens with zero attached hydrogens (tertiary/aromatic N) is 1. The maximum absolute atomic E-state index is 11.9. The molecule has 0 N–H and O–H groups in total. The zero-order valence-electron chi connectivity index (χ0n) is 10.9. The van der Waals surface area contributed by atoms with E-state index in [1.54, 1.807) is 12.1 Å². The standard InChI is InChI=1S/C15H20FNO/c1-2-3-10-17-11-8-14(9-12-17)13-4-6-15(18-16)7-5-13/h4-8H,2-3,9-12H2,1H3. The molecule has 0 atom stereocenters. The van der Waals surface area contributed by atoms with Gasteiger partial charge in [-0.3, -0.25) is 9.84 Å². The summed E-state index contributed by atoms with van der Waals surface area (Å²) in [5.74, 6) is 0.264. The van der Waals surface area contributed by atoms with Gasteiger partial charge in [-0.2, -0.15) is 0 Å². The van der Waals surface area contributed by atoms with Crippen molar-refractivity contribution in [3.63, 3.8) is 0 Å². The first kappa shape index (κ1) is 13.1. The van der Waals surface area contributed by atoms with Gasteiger partial charge in [-0.25, -0.2) is 0 Å². The molecule has 98 valence electrons. The fourth-order valence-electron chi connectivity index (χ4n) is 2.28. The second kappa shape index (κ2) is 6.55. The Hall–Kier alpha value is -1.35. The predicted octanol–water partition coefficient (Wildman–Crippen LogP) is 3.84. The highest BCUT2D eigenvalue weighted by molar-refractivity contribution is 5.67. The van der Waals surface area contributed by atoms with Crippen LogP contribution in [0.25, 0.3) is 5.57 Å². The Morgan fingerprint density at radius 3 is 2.61 bits per heavy atom. The molecule has 18 heavy (non-hydrogen) atoms. The third-order valence-corrected chi connectivity index (χ3v) is 3.44. The first-order chi connectivity index (χ1) is 8.83. The Kier molecular flexibility index (Phi) is 4.76. The van der Waals surface area contributed by atoms with Crippen molar-refractivity contribution in [2.75, 3.05) is 19.6 Å². The van der Waals surface area contributed by atoms with Gasteiger partial charge in [0.05, 0.1) is 0 Å². The number of rotatable bonds is 5. The van der Waals surface area contributed by atoms with Gasteiger partial charge in [0, 0.05) is 17.6 Å². The molecule has 0 spiro atoms. The predicted molar refractivity (Wildman–Crippen MR) is 72.1 cm³/mol. The van der Waals surface area contributed by atoms with Crippen LogP contribution in [0.3, 0.4) is 0 Å². The van der Waals surface area contributed by atoms with Crippen LogP contribution in [0.15, 0.2) is 30.3 Å². The number of halogens is 1. The maximum atomic E-state index is 11.9. The van der Waals surface area contributed by atoms with E-state index in [1.165, 1.54) is 30.5 Å². The topological polar surface area (TPSA) is 12.5 Å². The third kappa shape index (κ3) is 3.33. The molecular formula is C15H20FNO. The number of hydrogen-bond donors (Lipinski definition) is 0. The van der Waals surface area contributed by atoms with Crippen molar-refractivity contribution >= 4 is 5.57 Å². The van der Waals surface area contributed by atoms with Gasteiger partial charge in [-0.15, -0.1) is 0 Å². The molecule has 0 saturated heterocycles. The van der Waals surface area contributed by atoms with Crippen molar-refractivity contribution in [2.45, 2.75) is 26.2 Å². The van der Waals surface area contributed by atoms with E-state index in [0.717, 1.165) is 19.5 Å². The minimum atomic E-state index is 0.264. The summed E-state index contributed by atoms with van der Waals surface area (Å²) in [4.78, 5) is 6.17. The van der Waals surface area contributed by atoms with Gasteiger partial charge in [0.2, 0.25) is 0 Å². The Balaban J connectivity index is 1.95. The summed E-state index contributed by atoms with van der Waals surface area (Å²) in [6.07, 6.45) is 5.87. The molecule has 0 amide bonds. The van der Waals surface area contributed by atoms with E-state index in [1.807, 2.05) is 12.1 Å². The zero-order chi connectivity index (χ0) is 12.8. The Labute approximate surface area is 108 Å². The molecule has 3 heteroatoms. The van der Waals surface area contributed by atoms with Gasteiger partial charge in [0.25, 0.3) is 0 Å². The first-order valence-corrected chi connectivity index (χ1v) is 6.64. The smallest absolute Gasteiger partial charge is 0.171 e. The molecule has 1 aromatic carbocycles. The second-order valence-electron chi connectivity index (χ2n) is 4.74. The van der Waals surface area contributed by atoms with E-state index in [9.17, 15) is 4.53 Å². The van der Waals surface area contributed by atoms with Crippen LogP contribution in [0.2, 0.25) is 0 Å². The maximum Gasteiger partial charge on any atom is 0.171 e. The van der Waals surface area contributed by atoms with Crippen LogP contribution in [0, 0.1) is 0 Å². The minimum Gasteiger partial charge on any atom is -0.299 e. The SMILES string of the molecule is CCCCN1CC=C(c2ccc(OF)cc2)CC1. The quantitative estimate of drug-likeness (QED) is 0.786. The normalized spacial score (nSPS) is 16.4. The van der Waals surface area contributed by atoms with Crippen molar-refractivity contribution < 1.29 is 9.47 Å². The van der Waals surface area contributed by atoms with Crippen LogP contribution in [0.5, 0.6) is 5.75 Å². The van der Waals surface area contributed by atoms with Gasteiger partial charge in [0.15, 0.2) is 5.75 Å². The fraction of sp³-hybridized carbons (Fsp3) is 0.467. The molecule has 1 aliphatic rings. The van der Waals surface area contributed by atoms with Crippen molar-refractivity contribution in [1.29, 1.82) is 0 Å². The van der Waals surface area contributed by atoms with Crippen LogP contribution in [-0.4, -0.2) is 24.5 Å². The Morgan fingerprint density at radius 2 is 2.06 bits per heavy atom. The summed E-state index contributed by atoms with van der Waals surface area (Å²) in [5, 5.41) is 0. The molecule has 1 heterocycles. The molecule has 0 fully saturated rings. The van der Waals surface area contributed by atoms with E-state index >= 15 is 0 Å². The largest absolute Gasteiger partial charge is 0.299 e. The fourth-order valence-corrected chi connectivity index (χ4v) is 2.28. The number of unbranched alkanes of at least 4 members (excludes halogenated alkanes) is 1. The number of benzene rings is 1. The highest BCUT2D eigenvalue weighted by Crippen LogP contribution is 2.24. The lowest BCUT2D eigenvalue weighted by Crippen LogP contribution is -2.29. The molecule has 2 rings (SSSR count). The summed E-state index contributed by atoms with van der Waals surface area (Å²) in [7, 11) is 0. The molecule has 0 aliphatic carbocycles. The minimum absolute atomic E-state index is 0.264.